The number of para-hydroxylation sites is 3. The smallest absolute Gasteiger partial charge is 0.323 e. The van der Waals surface area contributed by atoms with Gasteiger partial charge in [0.05, 0.1) is 22.8 Å². The quantitative estimate of drug-likeness (QED) is 0.626. The van der Waals surface area contributed by atoms with Crippen molar-refractivity contribution in [3.63, 3.8) is 0 Å². The van der Waals surface area contributed by atoms with Gasteiger partial charge >= 0.3 is 6.03 Å². The summed E-state index contributed by atoms with van der Waals surface area (Å²) < 4.78 is 7.78. The summed E-state index contributed by atoms with van der Waals surface area (Å²) in [5.74, 6) is 1.28. The van der Waals surface area contributed by atoms with Gasteiger partial charge in [0.25, 0.3) is 0 Å². The summed E-state index contributed by atoms with van der Waals surface area (Å²) in [6.45, 7) is 7.94. The molecule has 0 spiro atoms. The maximum Gasteiger partial charge on any atom is 0.323 e. The minimum Gasteiger partial charge on any atom is -0.455 e. The van der Waals surface area contributed by atoms with Crippen molar-refractivity contribution in [2.24, 2.45) is 0 Å². The number of benzene rings is 2. The number of hydrogen-bond acceptors (Lipinski definition) is 3. The lowest BCUT2D eigenvalue weighted by atomic mass is 10.3. The Kier molecular flexibility index (Phi) is 5.45. The van der Waals surface area contributed by atoms with Crippen LogP contribution in [0.15, 0.2) is 54.6 Å². The molecule has 3 aromatic rings. The molecule has 0 saturated carbocycles. The maximum atomic E-state index is 12.6. The highest BCUT2D eigenvalue weighted by Crippen LogP contribution is 2.29. The summed E-state index contributed by atoms with van der Waals surface area (Å²) in [7, 11) is 0. The van der Waals surface area contributed by atoms with E-state index in [9.17, 15) is 4.79 Å². The molecule has 2 aromatic carbocycles. The fraction of sp³-hybridized carbons (Fsp3) is 0.238. The van der Waals surface area contributed by atoms with Gasteiger partial charge < -0.3 is 15.4 Å². The molecule has 0 radical (unpaired) electrons. The fourth-order valence-corrected chi connectivity index (χ4v) is 2.89. The Morgan fingerprint density at radius 1 is 1.00 bits per heavy atom. The Balaban J connectivity index is 1.76. The number of nitrogens with one attached hydrogen (secondary N) is 2. The summed E-state index contributed by atoms with van der Waals surface area (Å²) in [5, 5.41) is 10.3. The van der Waals surface area contributed by atoms with Crippen LogP contribution < -0.4 is 15.4 Å². The lowest BCUT2D eigenvalue weighted by molar-refractivity contribution is 0.262. The van der Waals surface area contributed by atoms with E-state index in [0.29, 0.717) is 17.2 Å². The normalized spacial score (nSPS) is 10.7. The number of nitrogens with zero attached hydrogens (tertiary/aromatic N) is 2. The van der Waals surface area contributed by atoms with Crippen molar-refractivity contribution in [3.05, 3.63) is 66.0 Å². The van der Waals surface area contributed by atoms with Gasteiger partial charge in [-0.05, 0) is 52.0 Å². The Labute approximate surface area is 159 Å². The molecule has 2 amide bonds. The largest absolute Gasteiger partial charge is 0.455 e. The third-order valence-corrected chi connectivity index (χ3v) is 4.16. The van der Waals surface area contributed by atoms with Crippen LogP contribution in [0.4, 0.5) is 16.2 Å². The predicted octanol–water partition coefficient (Wildman–Crippen LogP) is 5.52. The summed E-state index contributed by atoms with van der Waals surface area (Å²) >= 11 is 0. The molecule has 0 saturated heterocycles. The van der Waals surface area contributed by atoms with Crippen LogP contribution in [0.2, 0.25) is 0 Å². The van der Waals surface area contributed by atoms with E-state index in [4.69, 9.17) is 4.74 Å². The Morgan fingerprint density at radius 2 is 1.67 bits per heavy atom. The van der Waals surface area contributed by atoms with Crippen LogP contribution in [0, 0.1) is 13.8 Å². The molecule has 0 fully saturated rings. The second-order valence-corrected chi connectivity index (χ2v) is 6.57. The van der Waals surface area contributed by atoms with E-state index in [2.05, 4.69) is 29.6 Å². The van der Waals surface area contributed by atoms with Crippen LogP contribution in [0.1, 0.15) is 31.3 Å². The van der Waals surface area contributed by atoms with Gasteiger partial charge in [-0.1, -0.05) is 30.3 Å². The Morgan fingerprint density at radius 3 is 2.33 bits per heavy atom. The molecule has 3 rings (SSSR count). The molecule has 27 heavy (non-hydrogen) atoms. The lowest BCUT2D eigenvalue weighted by Crippen LogP contribution is -2.20. The number of hydrogen-bond donors (Lipinski definition) is 2. The van der Waals surface area contributed by atoms with Gasteiger partial charge in [-0.2, -0.15) is 5.10 Å². The van der Waals surface area contributed by atoms with E-state index in [1.54, 1.807) is 6.07 Å². The van der Waals surface area contributed by atoms with E-state index in [1.165, 1.54) is 0 Å². The van der Waals surface area contributed by atoms with Crippen molar-refractivity contribution in [3.8, 4) is 11.5 Å². The molecule has 1 heterocycles. The SMILES string of the molecule is Cc1nn(C(C)C)c(C)c1NC(=O)Nc1ccccc1Oc1ccccc1. The fourth-order valence-electron chi connectivity index (χ4n) is 2.89. The summed E-state index contributed by atoms with van der Waals surface area (Å²) in [5.41, 5.74) is 3.02. The average Bonchev–Trinajstić information content (AvgIpc) is 2.92. The monoisotopic (exact) mass is 364 g/mol. The van der Waals surface area contributed by atoms with E-state index in [-0.39, 0.29) is 12.1 Å². The number of aryl methyl sites for hydroxylation is 1. The molecule has 2 N–H and O–H groups in total. The summed E-state index contributed by atoms with van der Waals surface area (Å²) in [6.07, 6.45) is 0. The number of anilines is 2. The first-order chi connectivity index (χ1) is 13.0. The van der Waals surface area contributed by atoms with Crippen molar-refractivity contribution >= 4 is 17.4 Å². The number of ether oxygens (including phenoxy) is 1. The zero-order valence-electron chi connectivity index (χ0n) is 16.0. The number of carbonyl (C=O) groups is 1. The molecule has 0 atom stereocenters. The first kappa shape index (κ1) is 18.5. The zero-order valence-corrected chi connectivity index (χ0v) is 16.0. The second kappa shape index (κ2) is 7.95. The predicted molar refractivity (Wildman–Crippen MR) is 108 cm³/mol. The van der Waals surface area contributed by atoms with E-state index in [0.717, 1.165) is 17.1 Å². The highest BCUT2D eigenvalue weighted by molar-refractivity contribution is 6.01. The van der Waals surface area contributed by atoms with E-state index >= 15 is 0 Å². The third kappa shape index (κ3) is 4.28. The van der Waals surface area contributed by atoms with Gasteiger partial charge in [0.15, 0.2) is 5.75 Å². The molecule has 6 nitrogen and oxygen atoms in total. The molecule has 0 aliphatic carbocycles. The number of carbonyl (C=O) groups excluding carboxylic acids is 1. The topological polar surface area (TPSA) is 68.2 Å². The van der Waals surface area contributed by atoms with Gasteiger partial charge in [-0.25, -0.2) is 4.79 Å². The summed E-state index contributed by atoms with van der Waals surface area (Å²) in [4.78, 5) is 12.6. The molecule has 0 unspecified atom stereocenters. The molecule has 1 aromatic heterocycles. The maximum absolute atomic E-state index is 12.6. The number of rotatable bonds is 5. The number of aromatic nitrogens is 2. The molecule has 0 bridgehead atoms. The van der Waals surface area contributed by atoms with Gasteiger partial charge in [-0.3, -0.25) is 4.68 Å². The second-order valence-electron chi connectivity index (χ2n) is 6.57. The highest BCUT2D eigenvalue weighted by Gasteiger charge is 2.16. The van der Waals surface area contributed by atoms with Crippen molar-refractivity contribution < 1.29 is 9.53 Å². The summed E-state index contributed by atoms with van der Waals surface area (Å²) in [6, 6.07) is 16.7. The average molecular weight is 364 g/mol. The van der Waals surface area contributed by atoms with Gasteiger partial charge in [0, 0.05) is 6.04 Å². The number of amides is 2. The van der Waals surface area contributed by atoms with Gasteiger partial charge in [-0.15, -0.1) is 0 Å². The van der Waals surface area contributed by atoms with Crippen LogP contribution in [0.25, 0.3) is 0 Å². The minimum atomic E-state index is -0.339. The van der Waals surface area contributed by atoms with Crippen LogP contribution in [0.5, 0.6) is 11.5 Å². The van der Waals surface area contributed by atoms with Crippen molar-refractivity contribution in [1.29, 1.82) is 0 Å². The third-order valence-electron chi connectivity index (χ3n) is 4.16. The van der Waals surface area contributed by atoms with Crippen LogP contribution in [-0.4, -0.2) is 15.8 Å². The first-order valence-corrected chi connectivity index (χ1v) is 8.91. The lowest BCUT2D eigenvalue weighted by Gasteiger charge is -2.13. The van der Waals surface area contributed by atoms with Crippen LogP contribution in [0.3, 0.4) is 0 Å². The minimum absolute atomic E-state index is 0.224. The van der Waals surface area contributed by atoms with E-state index in [1.807, 2.05) is 67.1 Å². The molecule has 0 aliphatic rings. The molecular weight excluding hydrogens is 340 g/mol. The van der Waals surface area contributed by atoms with Crippen LogP contribution in [-0.2, 0) is 0 Å². The highest BCUT2D eigenvalue weighted by atomic mass is 16.5. The van der Waals surface area contributed by atoms with Crippen LogP contribution >= 0.6 is 0 Å². The Bertz CT molecular complexity index is 933. The first-order valence-electron chi connectivity index (χ1n) is 8.91. The number of urea groups is 1. The molecule has 6 heteroatoms. The van der Waals surface area contributed by atoms with Crippen molar-refractivity contribution in [2.75, 3.05) is 10.6 Å². The van der Waals surface area contributed by atoms with Gasteiger partial charge in [0.1, 0.15) is 5.75 Å². The molecule has 0 aliphatic heterocycles. The molecule has 140 valence electrons. The van der Waals surface area contributed by atoms with Gasteiger partial charge in [0.2, 0.25) is 0 Å². The Hall–Kier alpha value is -3.28. The van der Waals surface area contributed by atoms with E-state index < -0.39 is 0 Å². The van der Waals surface area contributed by atoms with Crippen molar-refractivity contribution in [2.45, 2.75) is 33.7 Å². The van der Waals surface area contributed by atoms with Crippen molar-refractivity contribution in [1.82, 2.24) is 9.78 Å². The molecular formula is C21H24N4O2. The zero-order chi connectivity index (χ0) is 19.4. The standard InChI is InChI=1S/C21H24N4O2/c1-14(2)25-16(4)20(15(3)24-25)23-21(26)22-18-12-8-9-13-19(18)27-17-10-6-5-7-11-17/h5-14H,1-4H3,(H2,22,23,26).